The van der Waals surface area contributed by atoms with Crippen LogP contribution in [0.4, 0.5) is 0 Å². The third-order valence-corrected chi connectivity index (χ3v) is 5.72. The number of methoxy groups -OCH3 is 3. The second-order valence-electron chi connectivity index (χ2n) is 7.34. The Balaban J connectivity index is 1.53. The molecule has 0 bridgehead atoms. The van der Waals surface area contributed by atoms with Gasteiger partial charge < -0.3 is 19.1 Å². The van der Waals surface area contributed by atoms with Gasteiger partial charge in [0, 0.05) is 47.4 Å². The van der Waals surface area contributed by atoms with Crippen molar-refractivity contribution in [2.24, 2.45) is 0 Å². The van der Waals surface area contributed by atoms with Crippen molar-refractivity contribution in [3.05, 3.63) is 64.3 Å². The standard InChI is InChI=1S/C24H24ClN3O4/c1-30-20-12-15(13-21(31-2)24(20)32-3)4-9-22(29)28-11-10-19-18(14-28)23(27-26-19)16-5-7-17(25)8-6-16/h4-9,12-13H,10-11,14H2,1-3H3,(H,26,27)/b9-4+. The molecule has 0 unspecified atom stereocenters. The summed E-state index contributed by atoms with van der Waals surface area (Å²) in [4.78, 5) is 14.7. The molecule has 0 spiro atoms. The smallest absolute Gasteiger partial charge is 0.246 e. The first-order valence-electron chi connectivity index (χ1n) is 10.1. The van der Waals surface area contributed by atoms with Crippen LogP contribution in [0, 0.1) is 0 Å². The van der Waals surface area contributed by atoms with Crippen LogP contribution >= 0.6 is 11.6 Å². The van der Waals surface area contributed by atoms with E-state index in [0.29, 0.717) is 35.4 Å². The lowest BCUT2D eigenvalue weighted by molar-refractivity contribution is -0.126. The van der Waals surface area contributed by atoms with Gasteiger partial charge in [0.25, 0.3) is 0 Å². The Bertz CT molecular complexity index is 1130. The first-order valence-corrected chi connectivity index (χ1v) is 10.5. The third-order valence-electron chi connectivity index (χ3n) is 5.47. The van der Waals surface area contributed by atoms with E-state index >= 15 is 0 Å². The van der Waals surface area contributed by atoms with Crippen molar-refractivity contribution in [2.45, 2.75) is 13.0 Å². The summed E-state index contributed by atoms with van der Waals surface area (Å²) in [5, 5.41) is 8.26. The zero-order valence-electron chi connectivity index (χ0n) is 18.1. The van der Waals surface area contributed by atoms with Crippen molar-refractivity contribution in [1.29, 1.82) is 0 Å². The van der Waals surface area contributed by atoms with Gasteiger partial charge in [0.1, 0.15) is 0 Å². The minimum Gasteiger partial charge on any atom is -0.493 e. The van der Waals surface area contributed by atoms with Gasteiger partial charge in [-0.25, -0.2) is 0 Å². The predicted molar refractivity (Wildman–Crippen MR) is 123 cm³/mol. The number of hydrogen-bond donors (Lipinski definition) is 1. The molecule has 166 valence electrons. The number of aromatic nitrogens is 2. The van der Waals surface area contributed by atoms with Crippen molar-refractivity contribution in [2.75, 3.05) is 27.9 Å². The zero-order valence-corrected chi connectivity index (χ0v) is 18.9. The number of fused-ring (bicyclic) bond motifs is 1. The van der Waals surface area contributed by atoms with Gasteiger partial charge in [-0.15, -0.1) is 0 Å². The summed E-state index contributed by atoms with van der Waals surface area (Å²) in [6.45, 7) is 1.11. The topological polar surface area (TPSA) is 76.7 Å². The normalized spacial score (nSPS) is 13.2. The minimum atomic E-state index is -0.0762. The highest BCUT2D eigenvalue weighted by molar-refractivity contribution is 6.30. The fraction of sp³-hybridized carbons (Fsp3) is 0.250. The van der Waals surface area contributed by atoms with Gasteiger partial charge in [-0.05, 0) is 35.9 Å². The molecule has 2 aromatic carbocycles. The molecule has 1 amide bonds. The van der Waals surface area contributed by atoms with E-state index in [1.807, 2.05) is 29.2 Å². The van der Waals surface area contributed by atoms with Gasteiger partial charge in [0.2, 0.25) is 11.7 Å². The second kappa shape index (κ2) is 9.36. The maximum absolute atomic E-state index is 12.9. The lowest BCUT2D eigenvalue weighted by atomic mass is 10.0. The molecule has 4 rings (SSSR count). The molecule has 1 aliphatic heterocycles. The van der Waals surface area contributed by atoms with Crippen molar-refractivity contribution in [3.63, 3.8) is 0 Å². The number of benzene rings is 2. The molecular formula is C24H24ClN3O4. The molecule has 2 heterocycles. The Morgan fingerprint density at radius 2 is 1.78 bits per heavy atom. The van der Waals surface area contributed by atoms with Crippen molar-refractivity contribution < 1.29 is 19.0 Å². The van der Waals surface area contributed by atoms with Crippen LogP contribution in [0.15, 0.2) is 42.5 Å². The number of amides is 1. The van der Waals surface area contributed by atoms with Gasteiger partial charge in [-0.3, -0.25) is 9.89 Å². The number of halogens is 1. The van der Waals surface area contributed by atoms with E-state index < -0.39 is 0 Å². The molecule has 0 saturated carbocycles. The lowest BCUT2D eigenvalue weighted by Crippen LogP contribution is -2.34. The number of H-pyrrole nitrogens is 1. The number of rotatable bonds is 6. The molecule has 0 atom stereocenters. The Hall–Kier alpha value is -3.45. The average molecular weight is 454 g/mol. The number of nitrogens with one attached hydrogen (secondary N) is 1. The molecule has 1 N–H and O–H groups in total. The van der Waals surface area contributed by atoms with E-state index in [1.54, 1.807) is 45.6 Å². The molecule has 0 fully saturated rings. The predicted octanol–water partition coefficient (Wildman–Crippen LogP) is 4.35. The summed E-state index contributed by atoms with van der Waals surface area (Å²) >= 11 is 6.01. The highest BCUT2D eigenvalue weighted by atomic mass is 35.5. The molecule has 0 saturated heterocycles. The van der Waals surface area contributed by atoms with Gasteiger partial charge in [0.05, 0.1) is 27.0 Å². The average Bonchev–Trinajstić information content (AvgIpc) is 3.25. The largest absolute Gasteiger partial charge is 0.493 e. The maximum atomic E-state index is 12.9. The molecule has 0 radical (unpaired) electrons. The fourth-order valence-corrected chi connectivity index (χ4v) is 3.93. The molecule has 8 heteroatoms. The summed E-state index contributed by atoms with van der Waals surface area (Å²) in [5.41, 5.74) is 4.69. The minimum absolute atomic E-state index is 0.0762. The third kappa shape index (κ3) is 4.29. The number of carbonyl (C=O) groups excluding carboxylic acids is 1. The number of carbonyl (C=O) groups is 1. The molecular weight excluding hydrogens is 430 g/mol. The van der Waals surface area contributed by atoms with Crippen LogP contribution in [-0.4, -0.2) is 48.9 Å². The van der Waals surface area contributed by atoms with Crippen LogP contribution in [0.3, 0.4) is 0 Å². The Kier molecular flexibility index (Phi) is 6.37. The van der Waals surface area contributed by atoms with Crippen LogP contribution < -0.4 is 14.2 Å². The highest BCUT2D eigenvalue weighted by Crippen LogP contribution is 2.38. The monoisotopic (exact) mass is 453 g/mol. The van der Waals surface area contributed by atoms with Crippen LogP contribution in [-0.2, 0) is 17.8 Å². The van der Waals surface area contributed by atoms with Gasteiger partial charge >= 0.3 is 0 Å². The zero-order chi connectivity index (χ0) is 22.7. The van der Waals surface area contributed by atoms with Crippen LogP contribution in [0.5, 0.6) is 17.2 Å². The molecule has 3 aromatic rings. The SMILES string of the molecule is COc1cc(/C=C/C(=O)N2CCc3[nH]nc(-c4ccc(Cl)cc4)c3C2)cc(OC)c1OC. The first-order chi connectivity index (χ1) is 15.5. The summed E-state index contributed by atoms with van der Waals surface area (Å²) in [6, 6.07) is 11.1. The quantitative estimate of drug-likeness (QED) is 0.561. The number of hydrogen-bond acceptors (Lipinski definition) is 5. The number of aromatic amines is 1. The van der Waals surface area contributed by atoms with Crippen LogP contribution in [0.25, 0.3) is 17.3 Å². The van der Waals surface area contributed by atoms with E-state index in [0.717, 1.165) is 34.5 Å². The van der Waals surface area contributed by atoms with E-state index in [4.69, 9.17) is 25.8 Å². The maximum Gasteiger partial charge on any atom is 0.246 e. The molecule has 1 aliphatic rings. The van der Waals surface area contributed by atoms with Crippen molar-refractivity contribution in [3.8, 4) is 28.5 Å². The van der Waals surface area contributed by atoms with Gasteiger partial charge in [-0.2, -0.15) is 5.10 Å². The van der Waals surface area contributed by atoms with E-state index in [1.165, 1.54) is 0 Å². The van der Waals surface area contributed by atoms with E-state index in [2.05, 4.69) is 10.2 Å². The lowest BCUT2D eigenvalue weighted by Gasteiger charge is -2.26. The Labute approximate surface area is 191 Å². The van der Waals surface area contributed by atoms with Gasteiger partial charge in [0.15, 0.2) is 11.5 Å². The Morgan fingerprint density at radius 3 is 2.41 bits per heavy atom. The van der Waals surface area contributed by atoms with E-state index in [-0.39, 0.29) is 5.91 Å². The summed E-state index contributed by atoms with van der Waals surface area (Å²) in [5.74, 6) is 1.50. The fourth-order valence-electron chi connectivity index (χ4n) is 3.80. The molecule has 0 aliphatic carbocycles. The molecule has 1 aromatic heterocycles. The van der Waals surface area contributed by atoms with Crippen LogP contribution in [0.2, 0.25) is 5.02 Å². The summed E-state index contributed by atoms with van der Waals surface area (Å²) in [7, 11) is 4.67. The van der Waals surface area contributed by atoms with Crippen LogP contribution in [0.1, 0.15) is 16.8 Å². The highest BCUT2D eigenvalue weighted by Gasteiger charge is 2.24. The Morgan fingerprint density at radius 1 is 1.09 bits per heavy atom. The number of ether oxygens (including phenoxy) is 3. The number of nitrogens with zero attached hydrogens (tertiary/aromatic N) is 2. The van der Waals surface area contributed by atoms with Crippen molar-refractivity contribution >= 4 is 23.6 Å². The first kappa shape index (κ1) is 21.8. The molecule has 7 nitrogen and oxygen atoms in total. The van der Waals surface area contributed by atoms with Crippen molar-refractivity contribution in [1.82, 2.24) is 15.1 Å². The summed E-state index contributed by atoms with van der Waals surface area (Å²) < 4.78 is 16.1. The second-order valence-corrected chi connectivity index (χ2v) is 7.77. The summed E-state index contributed by atoms with van der Waals surface area (Å²) in [6.07, 6.45) is 4.03. The van der Waals surface area contributed by atoms with Gasteiger partial charge in [-0.1, -0.05) is 23.7 Å². The van der Waals surface area contributed by atoms with E-state index in [9.17, 15) is 4.79 Å². The molecule has 32 heavy (non-hydrogen) atoms.